The maximum atomic E-state index is 11.9. The molecule has 2 amide bonds. The summed E-state index contributed by atoms with van der Waals surface area (Å²) in [6.45, 7) is 3.57. The number of nitrogens with zero attached hydrogens (tertiary/aromatic N) is 1. The molecule has 1 aromatic carbocycles. The first-order valence-electron chi connectivity index (χ1n) is 6.82. The van der Waals surface area contributed by atoms with Crippen molar-refractivity contribution in [2.45, 2.75) is 26.3 Å². The smallest absolute Gasteiger partial charge is 0.317 e. The maximum absolute atomic E-state index is 11.9. The molecule has 0 aliphatic carbocycles. The molecule has 0 aromatic heterocycles. The van der Waals surface area contributed by atoms with Gasteiger partial charge in [-0.05, 0) is 31.0 Å². The van der Waals surface area contributed by atoms with Gasteiger partial charge in [-0.2, -0.15) is 0 Å². The summed E-state index contributed by atoms with van der Waals surface area (Å²) in [7, 11) is 1.57. The van der Waals surface area contributed by atoms with Crippen molar-refractivity contribution >= 4 is 12.0 Å². The first kappa shape index (κ1) is 16.8. The van der Waals surface area contributed by atoms with E-state index < -0.39 is 11.9 Å². The van der Waals surface area contributed by atoms with Gasteiger partial charge in [-0.3, -0.25) is 4.79 Å². The van der Waals surface area contributed by atoms with E-state index in [-0.39, 0.29) is 24.4 Å². The Balaban J connectivity index is 2.48. The number of carboxylic acids is 1. The van der Waals surface area contributed by atoms with Gasteiger partial charge in [0.1, 0.15) is 5.75 Å². The zero-order valence-corrected chi connectivity index (χ0v) is 12.5. The van der Waals surface area contributed by atoms with Gasteiger partial charge in [0.25, 0.3) is 0 Å². The lowest BCUT2D eigenvalue weighted by atomic mass is 10.1. The molecule has 1 aromatic rings. The Morgan fingerprint density at radius 1 is 1.33 bits per heavy atom. The normalized spacial score (nSPS) is 13.3. The Labute approximate surface area is 124 Å². The Hall–Kier alpha value is -2.24. The van der Waals surface area contributed by atoms with Crippen molar-refractivity contribution in [3.63, 3.8) is 0 Å². The molecule has 0 radical (unpaired) electrons. The summed E-state index contributed by atoms with van der Waals surface area (Å²) in [5.41, 5.74) is 0.921. The highest BCUT2D eigenvalue weighted by atomic mass is 16.4. The second-order valence-electron chi connectivity index (χ2n) is 5.34. The summed E-state index contributed by atoms with van der Waals surface area (Å²) in [6, 6.07) is 6.43. The second-order valence-corrected chi connectivity index (χ2v) is 5.34. The molecular weight excluding hydrogens is 272 g/mol. The molecule has 0 bridgehead atoms. The van der Waals surface area contributed by atoms with Gasteiger partial charge in [0.05, 0.1) is 5.92 Å². The maximum Gasteiger partial charge on any atom is 0.317 e. The van der Waals surface area contributed by atoms with Crippen LogP contribution in [0.1, 0.15) is 19.4 Å². The van der Waals surface area contributed by atoms with Crippen molar-refractivity contribution < 1.29 is 19.8 Å². The number of aliphatic carboxylic acids is 1. The quantitative estimate of drug-likeness (QED) is 0.744. The summed E-state index contributed by atoms with van der Waals surface area (Å²) in [4.78, 5) is 24.1. The zero-order chi connectivity index (χ0) is 16.0. The average molecular weight is 294 g/mol. The summed E-state index contributed by atoms with van der Waals surface area (Å²) in [5, 5.41) is 21.0. The number of nitrogens with one attached hydrogen (secondary N) is 1. The fourth-order valence-electron chi connectivity index (χ4n) is 1.98. The molecule has 6 heteroatoms. The first-order valence-corrected chi connectivity index (χ1v) is 6.82. The van der Waals surface area contributed by atoms with E-state index in [4.69, 9.17) is 5.11 Å². The van der Waals surface area contributed by atoms with Gasteiger partial charge >= 0.3 is 12.0 Å². The van der Waals surface area contributed by atoms with E-state index in [9.17, 15) is 14.7 Å². The van der Waals surface area contributed by atoms with Crippen molar-refractivity contribution in [1.82, 2.24) is 10.2 Å². The number of phenolic OH excluding ortho intramolecular Hbond substituents is 1. The molecule has 3 N–H and O–H groups in total. The number of carboxylic acid groups (broad SMARTS) is 1. The third kappa shape index (κ3) is 5.72. The number of amides is 2. The molecule has 6 nitrogen and oxygen atoms in total. The minimum atomic E-state index is -0.928. The van der Waals surface area contributed by atoms with Gasteiger partial charge in [0.2, 0.25) is 0 Å². The van der Waals surface area contributed by atoms with Crippen LogP contribution in [0.15, 0.2) is 24.3 Å². The van der Waals surface area contributed by atoms with Crippen molar-refractivity contribution in [3.05, 3.63) is 29.8 Å². The summed E-state index contributed by atoms with van der Waals surface area (Å²) < 4.78 is 0. The lowest BCUT2D eigenvalue weighted by molar-refractivity contribution is -0.141. The number of phenols is 1. The standard InChI is InChI=1S/C15H22N2O4/c1-10(14(19)20)9-17(3)15(21)16-11(2)7-12-5-4-6-13(18)8-12/h4-6,8,10-11,18H,7,9H2,1-3H3,(H,16,21)(H,19,20). The van der Waals surface area contributed by atoms with E-state index in [0.717, 1.165) is 5.56 Å². The number of aromatic hydroxyl groups is 1. The number of rotatable bonds is 6. The summed E-state index contributed by atoms with van der Waals surface area (Å²) >= 11 is 0. The molecule has 0 saturated heterocycles. The van der Waals surface area contributed by atoms with E-state index >= 15 is 0 Å². The van der Waals surface area contributed by atoms with Gasteiger partial charge in [-0.1, -0.05) is 19.1 Å². The van der Waals surface area contributed by atoms with Crippen LogP contribution in [0.5, 0.6) is 5.75 Å². The number of urea groups is 1. The Morgan fingerprint density at radius 3 is 2.57 bits per heavy atom. The van der Waals surface area contributed by atoms with Crippen molar-refractivity contribution in [1.29, 1.82) is 0 Å². The fourth-order valence-corrected chi connectivity index (χ4v) is 1.98. The van der Waals surface area contributed by atoms with Crippen molar-refractivity contribution in [2.75, 3.05) is 13.6 Å². The molecule has 0 aliphatic rings. The number of hydrogen-bond acceptors (Lipinski definition) is 3. The number of benzene rings is 1. The SMILES string of the molecule is CC(Cc1cccc(O)c1)NC(=O)N(C)CC(C)C(=O)O. The van der Waals surface area contributed by atoms with Crippen LogP contribution in [-0.4, -0.2) is 46.7 Å². The zero-order valence-electron chi connectivity index (χ0n) is 12.5. The summed E-state index contributed by atoms with van der Waals surface area (Å²) in [5.74, 6) is -1.34. The number of hydrogen-bond donors (Lipinski definition) is 3. The Kier molecular flexibility index (Phi) is 6.02. The molecule has 0 fully saturated rings. The van der Waals surface area contributed by atoms with Gasteiger partial charge in [0, 0.05) is 19.6 Å². The first-order chi connectivity index (χ1) is 9.79. The van der Waals surface area contributed by atoms with Crippen molar-refractivity contribution in [3.8, 4) is 5.75 Å². The third-order valence-corrected chi connectivity index (χ3v) is 3.14. The lowest BCUT2D eigenvalue weighted by Crippen LogP contribution is -2.44. The van der Waals surface area contributed by atoms with Crippen LogP contribution >= 0.6 is 0 Å². The van der Waals surface area contributed by atoms with E-state index in [1.807, 2.05) is 13.0 Å². The number of carbonyl (C=O) groups excluding carboxylic acids is 1. The predicted molar refractivity (Wildman–Crippen MR) is 79.2 cm³/mol. The van der Waals surface area contributed by atoms with Crippen LogP contribution < -0.4 is 5.32 Å². The van der Waals surface area contributed by atoms with Crippen molar-refractivity contribution in [2.24, 2.45) is 5.92 Å². The molecular formula is C15H22N2O4. The van der Waals surface area contributed by atoms with Crippen LogP contribution in [0.4, 0.5) is 4.79 Å². The molecule has 0 saturated carbocycles. The van der Waals surface area contributed by atoms with Gasteiger partial charge in [-0.15, -0.1) is 0 Å². The molecule has 1 rings (SSSR count). The molecule has 116 valence electrons. The fraction of sp³-hybridized carbons (Fsp3) is 0.467. The van der Waals surface area contributed by atoms with Gasteiger partial charge in [0.15, 0.2) is 0 Å². The second kappa shape index (κ2) is 7.52. The average Bonchev–Trinajstić information content (AvgIpc) is 2.37. The highest BCUT2D eigenvalue weighted by Crippen LogP contribution is 2.12. The monoisotopic (exact) mass is 294 g/mol. The Bertz CT molecular complexity index is 504. The van der Waals surface area contributed by atoms with Gasteiger partial charge < -0.3 is 20.4 Å². The lowest BCUT2D eigenvalue weighted by Gasteiger charge is -2.23. The molecule has 0 aliphatic heterocycles. The van der Waals surface area contributed by atoms with Crippen LogP contribution in [0.2, 0.25) is 0 Å². The van der Waals surface area contributed by atoms with E-state index in [2.05, 4.69) is 5.32 Å². The molecule has 2 unspecified atom stereocenters. The largest absolute Gasteiger partial charge is 0.508 e. The highest BCUT2D eigenvalue weighted by molar-refractivity contribution is 5.76. The predicted octanol–water partition coefficient (Wildman–Crippen LogP) is 1.69. The van der Waals surface area contributed by atoms with Crippen LogP contribution in [0, 0.1) is 5.92 Å². The molecule has 2 atom stereocenters. The van der Waals surface area contributed by atoms with Crippen LogP contribution in [-0.2, 0) is 11.2 Å². The minimum absolute atomic E-state index is 0.123. The third-order valence-electron chi connectivity index (χ3n) is 3.14. The van der Waals surface area contributed by atoms with E-state index in [0.29, 0.717) is 6.42 Å². The van der Waals surface area contributed by atoms with Crippen LogP contribution in [0.3, 0.4) is 0 Å². The topological polar surface area (TPSA) is 89.9 Å². The molecule has 21 heavy (non-hydrogen) atoms. The summed E-state index contributed by atoms with van der Waals surface area (Å²) in [6.07, 6.45) is 0.586. The van der Waals surface area contributed by atoms with E-state index in [1.165, 1.54) is 4.90 Å². The molecule has 0 heterocycles. The minimum Gasteiger partial charge on any atom is -0.508 e. The Morgan fingerprint density at radius 2 is 2.00 bits per heavy atom. The van der Waals surface area contributed by atoms with Gasteiger partial charge in [-0.25, -0.2) is 4.79 Å². The molecule has 0 spiro atoms. The van der Waals surface area contributed by atoms with E-state index in [1.54, 1.807) is 32.2 Å². The highest BCUT2D eigenvalue weighted by Gasteiger charge is 2.18. The number of carbonyl (C=O) groups is 2. The van der Waals surface area contributed by atoms with Crippen LogP contribution in [0.25, 0.3) is 0 Å².